The van der Waals surface area contributed by atoms with Crippen LogP contribution < -0.4 is 16.6 Å². The molecule has 0 saturated heterocycles. The Morgan fingerprint density at radius 3 is 2.44 bits per heavy atom. The van der Waals surface area contributed by atoms with E-state index < -0.39 is 0 Å². The van der Waals surface area contributed by atoms with E-state index in [-0.39, 0.29) is 23.6 Å². The van der Waals surface area contributed by atoms with E-state index in [1.807, 2.05) is 44.2 Å². The molecule has 1 saturated carbocycles. The minimum atomic E-state index is -0.385. The molecule has 1 aromatic heterocycles. The Labute approximate surface area is 197 Å². The maximum atomic E-state index is 13.7. The lowest BCUT2D eigenvalue weighted by Crippen LogP contribution is -2.39. The smallest absolute Gasteiger partial charge is 0.336 e. The summed E-state index contributed by atoms with van der Waals surface area (Å²) in [4.78, 5) is 39.1. The van der Waals surface area contributed by atoms with E-state index in [1.165, 1.54) is 4.57 Å². The third-order valence-corrected chi connectivity index (χ3v) is 6.39. The van der Waals surface area contributed by atoms with Crippen LogP contribution >= 0.6 is 0 Å². The van der Waals surface area contributed by atoms with Gasteiger partial charge in [0.05, 0.1) is 29.6 Å². The molecule has 4 aromatic rings. The number of carbonyl (C=O) groups excluding carboxylic acids is 1. The predicted molar refractivity (Wildman–Crippen MR) is 134 cm³/mol. The molecule has 6 nitrogen and oxygen atoms in total. The van der Waals surface area contributed by atoms with Crippen LogP contribution in [0.5, 0.6) is 0 Å². The summed E-state index contributed by atoms with van der Waals surface area (Å²) in [5, 5.41) is 3.46. The van der Waals surface area contributed by atoms with Gasteiger partial charge >= 0.3 is 5.69 Å². The minimum absolute atomic E-state index is 0.00555. The van der Waals surface area contributed by atoms with Gasteiger partial charge in [0.25, 0.3) is 5.56 Å². The number of aromatic nitrogens is 2. The summed E-state index contributed by atoms with van der Waals surface area (Å²) >= 11 is 0. The number of carbonyl (C=O) groups is 1. The number of hydrogen-bond acceptors (Lipinski definition) is 3. The number of amides is 1. The largest absolute Gasteiger partial charge is 0.353 e. The zero-order valence-corrected chi connectivity index (χ0v) is 19.4. The number of hydrogen-bond donors (Lipinski definition) is 1. The molecule has 0 aliphatic heterocycles. The Kier molecular flexibility index (Phi) is 5.65. The molecule has 6 heteroatoms. The number of aryl methyl sites for hydroxylation is 2. The Bertz CT molecular complexity index is 1510. The van der Waals surface area contributed by atoms with Crippen molar-refractivity contribution in [3.8, 4) is 5.69 Å². The monoisotopic (exact) mass is 453 g/mol. The van der Waals surface area contributed by atoms with Crippen LogP contribution in [0.1, 0.15) is 35.1 Å². The second-order valence-corrected chi connectivity index (χ2v) is 9.14. The van der Waals surface area contributed by atoms with Crippen molar-refractivity contribution >= 4 is 16.8 Å². The van der Waals surface area contributed by atoms with Crippen LogP contribution in [-0.2, 0) is 17.8 Å². The first kappa shape index (κ1) is 21.9. The lowest BCUT2D eigenvalue weighted by molar-refractivity contribution is -0.120. The van der Waals surface area contributed by atoms with Crippen LogP contribution in [0.15, 0.2) is 76.3 Å². The lowest BCUT2D eigenvalue weighted by atomic mass is 10.1. The van der Waals surface area contributed by atoms with E-state index in [4.69, 9.17) is 0 Å². The second kappa shape index (κ2) is 8.78. The van der Waals surface area contributed by atoms with Crippen molar-refractivity contribution in [3.05, 3.63) is 110 Å². The summed E-state index contributed by atoms with van der Waals surface area (Å²) in [7, 11) is 0. The molecular formula is C28H27N3O3. The minimum Gasteiger partial charge on any atom is -0.353 e. The molecule has 1 fully saturated rings. The standard InChI is InChI=1S/C28H27N3O3/c1-18-7-8-19(2)21(15-18)17-30-25-6-4-3-5-24(25)27(33)31(28(30)34)23-13-9-20(10-14-23)16-26(32)29-22-11-12-22/h3-10,13-15,22H,11-12,16-17H2,1-2H3,(H,29,32). The summed E-state index contributed by atoms with van der Waals surface area (Å²) in [5.74, 6) is -0.00555. The summed E-state index contributed by atoms with van der Waals surface area (Å²) in [5.41, 5.74) is 4.45. The van der Waals surface area contributed by atoms with Crippen LogP contribution in [0.25, 0.3) is 16.6 Å². The van der Waals surface area contributed by atoms with Crippen molar-refractivity contribution in [2.24, 2.45) is 0 Å². The van der Waals surface area contributed by atoms with Crippen molar-refractivity contribution in [2.45, 2.75) is 45.7 Å². The molecule has 34 heavy (non-hydrogen) atoms. The van der Waals surface area contributed by atoms with Crippen LogP contribution in [-0.4, -0.2) is 21.1 Å². The van der Waals surface area contributed by atoms with Gasteiger partial charge in [0, 0.05) is 6.04 Å². The molecule has 0 atom stereocenters. The Morgan fingerprint density at radius 1 is 0.971 bits per heavy atom. The van der Waals surface area contributed by atoms with Gasteiger partial charge in [-0.15, -0.1) is 0 Å². The highest BCUT2D eigenvalue weighted by molar-refractivity contribution is 5.79. The van der Waals surface area contributed by atoms with Crippen LogP contribution in [0, 0.1) is 13.8 Å². The summed E-state index contributed by atoms with van der Waals surface area (Å²) in [6.07, 6.45) is 2.37. The van der Waals surface area contributed by atoms with E-state index >= 15 is 0 Å². The second-order valence-electron chi connectivity index (χ2n) is 9.14. The number of rotatable bonds is 6. The average Bonchev–Trinajstić information content (AvgIpc) is 3.64. The number of nitrogens with zero attached hydrogens (tertiary/aromatic N) is 2. The highest BCUT2D eigenvalue weighted by atomic mass is 16.2. The topological polar surface area (TPSA) is 73.1 Å². The van der Waals surface area contributed by atoms with E-state index in [1.54, 1.807) is 34.9 Å². The van der Waals surface area contributed by atoms with Gasteiger partial charge in [-0.25, -0.2) is 9.36 Å². The van der Waals surface area contributed by atoms with Gasteiger partial charge < -0.3 is 5.32 Å². The third kappa shape index (κ3) is 4.31. The quantitative estimate of drug-likeness (QED) is 0.485. The molecular weight excluding hydrogens is 426 g/mol. The van der Waals surface area contributed by atoms with E-state index in [0.717, 1.165) is 35.1 Å². The molecule has 3 aromatic carbocycles. The molecule has 0 radical (unpaired) electrons. The lowest BCUT2D eigenvalue weighted by Gasteiger charge is -2.16. The number of nitrogens with one attached hydrogen (secondary N) is 1. The average molecular weight is 454 g/mol. The number of benzene rings is 3. The molecule has 1 aliphatic rings. The summed E-state index contributed by atoms with van der Waals surface area (Å²) in [6.45, 7) is 4.42. The maximum Gasteiger partial charge on any atom is 0.336 e. The first-order valence-electron chi connectivity index (χ1n) is 11.6. The van der Waals surface area contributed by atoms with Gasteiger partial charge in [-0.3, -0.25) is 14.2 Å². The van der Waals surface area contributed by atoms with Crippen LogP contribution in [0.4, 0.5) is 0 Å². The van der Waals surface area contributed by atoms with Crippen molar-refractivity contribution < 1.29 is 4.79 Å². The van der Waals surface area contributed by atoms with Crippen molar-refractivity contribution in [2.75, 3.05) is 0 Å². The van der Waals surface area contributed by atoms with Crippen molar-refractivity contribution in [3.63, 3.8) is 0 Å². The highest BCUT2D eigenvalue weighted by Crippen LogP contribution is 2.19. The number of para-hydroxylation sites is 1. The van der Waals surface area contributed by atoms with E-state index in [2.05, 4.69) is 11.4 Å². The highest BCUT2D eigenvalue weighted by Gasteiger charge is 2.23. The Morgan fingerprint density at radius 2 is 1.71 bits per heavy atom. The maximum absolute atomic E-state index is 13.7. The fraction of sp³-hybridized carbons (Fsp3) is 0.250. The van der Waals surface area contributed by atoms with Gasteiger partial charge in [0.1, 0.15) is 0 Å². The summed E-state index contributed by atoms with van der Waals surface area (Å²) < 4.78 is 2.89. The molecule has 1 amide bonds. The fourth-order valence-corrected chi connectivity index (χ4v) is 4.30. The van der Waals surface area contributed by atoms with Crippen LogP contribution in [0.3, 0.4) is 0 Å². The van der Waals surface area contributed by atoms with Gasteiger partial charge in [0.15, 0.2) is 0 Å². The van der Waals surface area contributed by atoms with Gasteiger partial charge in [-0.2, -0.15) is 0 Å². The fourth-order valence-electron chi connectivity index (χ4n) is 4.30. The van der Waals surface area contributed by atoms with Crippen molar-refractivity contribution in [1.29, 1.82) is 0 Å². The molecule has 1 aliphatic carbocycles. The van der Waals surface area contributed by atoms with E-state index in [9.17, 15) is 14.4 Å². The normalized spacial score (nSPS) is 13.2. The molecule has 5 rings (SSSR count). The molecule has 0 spiro atoms. The molecule has 1 N–H and O–H groups in total. The van der Waals surface area contributed by atoms with E-state index in [0.29, 0.717) is 29.2 Å². The van der Waals surface area contributed by atoms with Gasteiger partial charge in [-0.1, -0.05) is 48.0 Å². The van der Waals surface area contributed by atoms with Gasteiger partial charge in [0.2, 0.25) is 5.91 Å². The Balaban J connectivity index is 1.57. The third-order valence-electron chi connectivity index (χ3n) is 6.39. The Hall–Kier alpha value is -3.93. The molecule has 0 unspecified atom stereocenters. The van der Waals surface area contributed by atoms with Gasteiger partial charge in [-0.05, 0) is 67.6 Å². The van der Waals surface area contributed by atoms with Crippen LogP contribution in [0.2, 0.25) is 0 Å². The van der Waals surface area contributed by atoms with Crippen molar-refractivity contribution in [1.82, 2.24) is 14.5 Å². The first-order valence-corrected chi connectivity index (χ1v) is 11.6. The molecule has 0 bridgehead atoms. The summed E-state index contributed by atoms with van der Waals surface area (Å²) in [6, 6.07) is 20.8. The zero-order valence-electron chi connectivity index (χ0n) is 19.4. The zero-order chi connectivity index (χ0) is 23.8. The number of fused-ring (bicyclic) bond motifs is 1. The molecule has 1 heterocycles. The SMILES string of the molecule is Cc1ccc(C)c(Cn2c(=O)n(-c3ccc(CC(=O)NC4CC4)cc3)c(=O)c3ccccc32)c1. The predicted octanol–water partition coefficient (Wildman–Crippen LogP) is 3.64. The first-order chi connectivity index (χ1) is 16.4. The molecule has 172 valence electrons.